The molecule has 0 bridgehead atoms. The van der Waals surface area contributed by atoms with E-state index in [2.05, 4.69) is 0 Å². The molecule has 0 unspecified atom stereocenters. The normalized spacial score (nSPS) is 9.82. The topological polar surface area (TPSA) is 92.2 Å². The van der Waals surface area contributed by atoms with E-state index in [0.717, 1.165) is 0 Å². The maximum absolute atomic E-state index is 8.49. The van der Waals surface area contributed by atoms with Gasteiger partial charge in [-0.2, -0.15) is 0 Å². The van der Waals surface area contributed by atoms with Gasteiger partial charge >= 0.3 is 0 Å². The third kappa shape index (κ3) is 17.7. The fraction of sp³-hybridized carbons (Fsp3) is 0. The van der Waals surface area contributed by atoms with Crippen LogP contribution >= 0.6 is 11.3 Å². The lowest BCUT2D eigenvalue weighted by Gasteiger charge is -2.17. The maximum Gasteiger partial charge on any atom is 0.211 e. The Labute approximate surface area is 69.7 Å². The molecule has 0 N–H and O–H groups in total. The smallest absolute Gasteiger partial charge is 0.211 e. The van der Waals surface area contributed by atoms with Gasteiger partial charge in [-0.15, -0.1) is 10.2 Å². The Balaban J connectivity index is 0.000000187. The summed E-state index contributed by atoms with van der Waals surface area (Å²) < 4.78 is 34.0. The molecule has 0 fully saturated rings. The summed E-state index contributed by atoms with van der Waals surface area (Å²) in [5.74, 6) is 0. The van der Waals surface area contributed by atoms with Crippen molar-refractivity contribution >= 4 is 11.3 Å². The van der Waals surface area contributed by atoms with Crippen LogP contribution in [0.1, 0.15) is 0 Å². The average Bonchev–Trinajstić information content (AvgIpc) is 1.88. The molecule has 0 aliphatic rings. The van der Waals surface area contributed by atoms with Crippen LogP contribution in [0.4, 0.5) is 0 Å². The van der Waals surface area contributed by atoms with E-state index in [1.165, 1.54) is 0 Å². The molecular weight excluding hydrogens is 192 g/mol. The molecule has 0 radical (unpaired) electrons. The fourth-order valence-corrected chi connectivity index (χ4v) is 0.745. The summed E-state index contributed by atoms with van der Waals surface area (Å²) in [6.07, 6.45) is 0. The van der Waals surface area contributed by atoms with E-state index in [9.17, 15) is 0 Å². The molecule has 0 spiro atoms. The van der Waals surface area contributed by atoms with Crippen LogP contribution in [0, 0.1) is 10.2 Å². The van der Waals surface area contributed by atoms with Crippen molar-refractivity contribution in [3.63, 3.8) is 0 Å². The molecule has 0 aromatic carbocycles. The van der Waals surface area contributed by atoms with Gasteiger partial charge in [0.1, 0.15) is 0 Å². The highest BCUT2D eigenvalue weighted by atomic mass is 35.7. The molecule has 0 saturated carbocycles. The monoisotopic (exact) mass is 196 g/mol. The second-order valence-corrected chi connectivity index (χ2v) is 2.94. The highest BCUT2D eigenvalue weighted by Crippen LogP contribution is 1.90. The first-order chi connectivity index (χ1) is 5.00. The van der Waals surface area contributed by atoms with Gasteiger partial charge in [-0.05, 0) is 12.1 Å². The minimum atomic E-state index is -4.94. The highest BCUT2D eigenvalue weighted by Gasteiger charge is 1.84. The number of hydrogen-bond acceptors (Lipinski definition) is 4. The van der Waals surface area contributed by atoms with Crippen molar-refractivity contribution in [3.8, 4) is 0 Å². The predicted molar refractivity (Wildman–Crippen MR) is 28.7 cm³/mol. The molecule has 62 valence electrons. The number of rotatable bonds is 0. The van der Waals surface area contributed by atoms with E-state index in [-0.39, 0.29) is 0 Å². The molecule has 1 rings (SSSR count). The predicted octanol–water partition coefficient (Wildman–Crippen LogP) is -2.73. The third-order valence-electron chi connectivity index (χ3n) is 0.536. The lowest BCUT2D eigenvalue weighted by molar-refractivity contribution is -2.00. The van der Waals surface area contributed by atoms with Crippen molar-refractivity contribution in [2.24, 2.45) is 0 Å². The van der Waals surface area contributed by atoms with E-state index < -0.39 is 10.2 Å². The van der Waals surface area contributed by atoms with E-state index in [1.807, 2.05) is 29.0 Å². The summed E-state index contributed by atoms with van der Waals surface area (Å²) in [5.41, 5.74) is 0. The molecule has 1 heterocycles. The summed E-state index contributed by atoms with van der Waals surface area (Å²) in [6.45, 7) is 0. The molecule has 1 aromatic rings. The zero-order valence-electron chi connectivity index (χ0n) is 5.31. The molecule has 1 aromatic heterocycles. The molecule has 6 heteroatoms. The van der Waals surface area contributed by atoms with Crippen molar-refractivity contribution in [3.05, 3.63) is 29.0 Å². The Hall–Kier alpha value is -0.300. The first-order valence-corrected chi connectivity index (χ1v) is 4.60. The van der Waals surface area contributed by atoms with Crippen LogP contribution in [0.25, 0.3) is 0 Å². The Morgan fingerprint density at radius 3 is 1.27 bits per heavy atom. The van der Waals surface area contributed by atoms with Crippen molar-refractivity contribution in [2.45, 2.75) is 0 Å². The van der Waals surface area contributed by atoms with Gasteiger partial charge in [0.2, 0.25) is 11.3 Å². The second kappa shape index (κ2) is 5.36. The molecule has 0 aliphatic heterocycles. The zero-order chi connectivity index (χ0) is 8.74. The minimum Gasteiger partial charge on any atom is -0.222 e. The van der Waals surface area contributed by atoms with Gasteiger partial charge in [0.15, 0.2) is 10.8 Å². The van der Waals surface area contributed by atoms with Crippen molar-refractivity contribution in [1.29, 1.82) is 0 Å². The molecule has 0 saturated heterocycles. The maximum atomic E-state index is 8.49. The minimum absolute atomic E-state index is 1.70. The molecule has 4 nitrogen and oxygen atoms in total. The van der Waals surface area contributed by atoms with Gasteiger partial charge in [0.05, 0.1) is 0 Å². The second-order valence-electron chi connectivity index (χ2n) is 1.36. The van der Waals surface area contributed by atoms with Crippen molar-refractivity contribution in [2.75, 3.05) is 0 Å². The van der Waals surface area contributed by atoms with Crippen LogP contribution in [0.15, 0.2) is 29.0 Å². The van der Waals surface area contributed by atoms with Crippen molar-refractivity contribution < 1.29 is 28.9 Å². The van der Waals surface area contributed by atoms with E-state index >= 15 is 0 Å². The molecule has 0 amide bonds. The summed E-state index contributed by atoms with van der Waals surface area (Å²) in [7, 11) is -4.94. The zero-order valence-corrected chi connectivity index (χ0v) is 6.88. The van der Waals surface area contributed by atoms with Crippen molar-refractivity contribution in [1.82, 2.24) is 0 Å². The van der Waals surface area contributed by atoms with Gasteiger partial charge in [0.25, 0.3) is 0 Å². The Morgan fingerprint density at radius 1 is 0.818 bits per heavy atom. The summed E-state index contributed by atoms with van der Waals surface area (Å²) >= 11 is 1.70. The first-order valence-electron chi connectivity index (χ1n) is 2.42. The Bertz CT molecular complexity index is 143. The fourth-order valence-electron chi connectivity index (χ4n) is 0.291. The van der Waals surface area contributed by atoms with Crippen LogP contribution < -0.4 is 18.6 Å². The van der Waals surface area contributed by atoms with Crippen LogP contribution in [0.2, 0.25) is 0 Å². The van der Waals surface area contributed by atoms with Gasteiger partial charge in [-0.25, -0.2) is 18.6 Å². The van der Waals surface area contributed by atoms with Gasteiger partial charge in [0, 0.05) is 0 Å². The van der Waals surface area contributed by atoms with Gasteiger partial charge < -0.3 is 0 Å². The quantitative estimate of drug-likeness (QED) is 0.421. The molecule has 0 atom stereocenters. The van der Waals surface area contributed by atoms with E-state index in [0.29, 0.717) is 0 Å². The standard InChI is InChI=1S/C5H5S.ClHO4/c1-2-4-6-5-3-1;2-1(3,4)5/h1-5H;(H,2,3,4,5)/q+1;/p-1. The highest BCUT2D eigenvalue weighted by molar-refractivity contribution is 7.07. The number of halogens is 1. The number of hydrogen-bond donors (Lipinski definition) is 0. The van der Waals surface area contributed by atoms with E-state index in [4.69, 9.17) is 18.6 Å². The van der Waals surface area contributed by atoms with Crippen LogP contribution in [-0.4, -0.2) is 0 Å². The van der Waals surface area contributed by atoms with Gasteiger partial charge in [-0.3, -0.25) is 0 Å². The molecule has 0 aliphatic carbocycles. The largest absolute Gasteiger partial charge is 0.222 e. The summed E-state index contributed by atoms with van der Waals surface area (Å²) in [6, 6.07) is 6.05. The lowest BCUT2D eigenvalue weighted by Crippen LogP contribution is -2.68. The van der Waals surface area contributed by atoms with Crippen LogP contribution in [0.5, 0.6) is 0 Å². The SMILES string of the molecule is [O-][Cl+3]([O-])([O-])[O-].c1cc[s+]cc1. The lowest BCUT2D eigenvalue weighted by atomic mass is 10.6. The average molecular weight is 197 g/mol. The van der Waals surface area contributed by atoms with Crippen LogP contribution in [0.3, 0.4) is 0 Å². The Kier molecular flexibility index (Phi) is 5.22. The third-order valence-corrected chi connectivity index (χ3v) is 1.17. The molecule has 11 heavy (non-hydrogen) atoms. The van der Waals surface area contributed by atoms with Gasteiger partial charge in [-0.1, -0.05) is 6.07 Å². The van der Waals surface area contributed by atoms with E-state index in [1.54, 1.807) is 11.3 Å². The Morgan fingerprint density at radius 2 is 1.18 bits per heavy atom. The first kappa shape index (κ1) is 10.7. The summed E-state index contributed by atoms with van der Waals surface area (Å²) in [4.78, 5) is 0. The summed E-state index contributed by atoms with van der Waals surface area (Å²) in [5, 5.41) is 4.08. The molecular formula is C5H5ClO4S. The van der Waals surface area contributed by atoms with Crippen LogP contribution in [-0.2, 0) is 0 Å².